The molecule has 0 aliphatic rings. The maximum Gasteiger partial charge on any atom is 0.0269 e. The summed E-state index contributed by atoms with van der Waals surface area (Å²) in [5.74, 6) is 0. The Balaban J connectivity index is 2.90. The molecule has 0 heterocycles. The van der Waals surface area contributed by atoms with Crippen LogP contribution in [-0.4, -0.2) is 26.2 Å². The fourth-order valence-corrected chi connectivity index (χ4v) is 1.55. The van der Waals surface area contributed by atoms with Gasteiger partial charge in [0, 0.05) is 11.5 Å². The van der Waals surface area contributed by atoms with Gasteiger partial charge in [-0.3, -0.25) is 0 Å². The third-order valence-corrected chi connectivity index (χ3v) is 2.48. The molecule has 0 amide bonds. The lowest BCUT2D eigenvalue weighted by Gasteiger charge is -2.03. The van der Waals surface area contributed by atoms with E-state index in [1.165, 1.54) is 32.1 Å². The number of nitrogens with two attached hydrogens (primary N) is 1. The Bertz CT molecular complexity index is 177. The molecule has 0 bridgehead atoms. The van der Waals surface area contributed by atoms with Crippen LogP contribution in [0.3, 0.4) is 0 Å². The van der Waals surface area contributed by atoms with Crippen LogP contribution in [0.15, 0.2) is 5.11 Å². The molecule has 0 aliphatic carbocycles. The average Bonchev–Trinajstić information content (AvgIpc) is 2.31. The highest BCUT2D eigenvalue weighted by molar-refractivity contribution is 4.53. The molecule has 94 valence electrons. The summed E-state index contributed by atoms with van der Waals surface area (Å²) in [7, 11) is 0. The van der Waals surface area contributed by atoms with Crippen LogP contribution in [0.5, 0.6) is 0 Å². The molecule has 0 saturated carbocycles. The number of hydrogen-bond donors (Lipinski definition) is 2. The maximum atomic E-state index is 8.06. The van der Waals surface area contributed by atoms with Crippen LogP contribution in [0.1, 0.15) is 44.9 Å². The highest BCUT2D eigenvalue weighted by atomic mass is 15.1. The summed E-state index contributed by atoms with van der Waals surface area (Å²) in [6, 6.07) is 0. The number of azide groups is 1. The van der Waals surface area contributed by atoms with Gasteiger partial charge in [-0.1, -0.05) is 30.8 Å². The van der Waals surface area contributed by atoms with Gasteiger partial charge in [0.1, 0.15) is 0 Å². The van der Waals surface area contributed by atoms with E-state index in [4.69, 9.17) is 11.3 Å². The van der Waals surface area contributed by atoms with Crippen molar-refractivity contribution in [2.24, 2.45) is 10.8 Å². The minimum absolute atomic E-state index is 0.600. The summed E-state index contributed by atoms with van der Waals surface area (Å²) in [6.07, 6.45) is 8.54. The van der Waals surface area contributed by atoms with E-state index in [-0.39, 0.29) is 0 Å². The van der Waals surface area contributed by atoms with E-state index in [1.54, 1.807) is 0 Å². The summed E-state index contributed by atoms with van der Waals surface area (Å²) in [6.45, 7) is 3.45. The van der Waals surface area contributed by atoms with Crippen molar-refractivity contribution in [3.8, 4) is 0 Å². The number of nitrogens with one attached hydrogen (secondary N) is 1. The smallest absolute Gasteiger partial charge is 0.0269 e. The molecule has 16 heavy (non-hydrogen) atoms. The quantitative estimate of drug-likeness (QED) is 0.232. The van der Waals surface area contributed by atoms with Crippen molar-refractivity contribution >= 4 is 0 Å². The number of rotatable bonds is 12. The molecule has 0 aromatic carbocycles. The van der Waals surface area contributed by atoms with Crippen LogP contribution >= 0.6 is 0 Å². The van der Waals surface area contributed by atoms with Gasteiger partial charge < -0.3 is 11.1 Å². The van der Waals surface area contributed by atoms with Crippen LogP contribution in [0, 0.1) is 0 Å². The Kier molecular flexibility index (Phi) is 13.5. The van der Waals surface area contributed by atoms with E-state index in [9.17, 15) is 0 Å². The molecular formula is C11H25N5. The van der Waals surface area contributed by atoms with Gasteiger partial charge >= 0.3 is 0 Å². The molecule has 0 rings (SSSR count). The Morgan fingerprint density at radius 2 is 1.56 bits per heavy atom. The van der Waals surface area contributed by atoms with Crippen LogP contribution in [-0.2, 0) is 0 Å². The van der Waals surface area contributed by atoms with Gasteiger partial charge in [0.2, 0.25) is 0 Å². The third-order valence-electron chi connectivity index (χ3n) is 2.48. The highest BCUT2D eigenvalue weighted by Crippen LogP contribution is 2.03. The minimum Gasteiger partial charge on any atom is -0.330 e. The first-order chi connectivity index (χ1) is 7.91. The topological polar surface area (TPSA) is 86.8 Å². The Morgan fingerprint density at radius 1 is 0.938 bits per heavy atom. The first-order valence-corrected chi connectivity index (χ1v) is 6.33. The van der Waals surface area contributed by atoms with Crippen LogP contribution in [0.25, 0.3) is 10.4 Å². The van der Waals surface area contributed by atoms with Crippen molar-refractivity contribution in [2.75, 3.05) is 26.2 Å². The zero-order valence-corrected chi connectivity index (χ0v) is 10.2. The van der Waals surface area contributed by atoms with Gasteiger partial charge in [0.15, 0.2) is 0 Å². The molecule has 0 fully saturated rings. The van der Waals surface area contributed by atoms with Gasteiger partial charge in [-0.05, 0) is 44.4 Å². The Labute approximate surface area is 98.4 Å². The molecule has 0 atom stereocenters. The van der Waals surface area contributed by atoms with Gasteiger partial charge in [0.25, 0.3) is 0 Å². The Hall–Kier alpha value is -0.770. The SMILES string of the molecule is [N-]=[N+]=NCCCNCCCCCCCCN. The van der Waals surface area contributed by atoms with E-state index in [0.717, 1.165) is 32.5 Å². The maximum absolute atomic E-state index is 8.06. The van der Waals surface area contributed by atoms with Gasteiger partial charge in [-0.2, -0.15) is 0 Å². The minimum atomic E-state index is 0.600. The first-order valence-electron chi connectivity index (χ1n) is 6.33. The van der Waals surface area contributed by atoms with Crippen LogP contribution in [0.4, 0.5) is 0 Å². The van der Waals surface area contributed by atoms with Crippen molar-refractivity contribution in [1.82, 2.24) is 5.32 Å². The van der Waals surface area contributed by atoms with Crippen molar-refractivity contribution < 1.29 is 0 Å². The van der Waals surface area contributed by atoms with Crippen LogP contribution in [0.2, 0.25) is 0 Å². The normalized spacial score (nSPS) is 10.1. The highest BCUT2D eigenvalue weighted by Gasteiger charge is 1.91. The summed E-state index contributed by atoms with van der Waals surface area (Å²) in [4.78, 5) is 2.71. The zero-order chi connectivity index (χ0) is 11.9. The molecule has 0 spiro atoms. The number of hydrogen-bond acceptors (Lipinski definition) is 3. The van der Waals surface area contributed by atoms with E-state index >= 15 is 0 Å². The molecule has 0 saturated heterocycles. The van der Waals surface area contributed by atoms with Crippen molar-refractivity contribution in [1.29, 1.82) is 0 Å². The second-order valence-electron chi connectivity index (χ2n) is 3.97. The van der Waals surface area contributed by atoms with E-state index in [1.807, 2.05) is 0 Å². The van der Waals surface area contributed by atoms with Crippen molar-refractivity contribution in [2.45, 2.75) is 44.9 Å². The molecule has 0 aromatic rings. The zero-order valence-electron chi connectivity index (χ0n) is 10.2. The van der Waals surface area contributed by atoms with E-state index in [2.05, 4.69) is 15.3 Å². The lowest BCUT2D eigenvalue weighted by molar-refractivity contribution is 0.562. The summed E-state index contributed by atoms with van der Waals surface area (Å²) in [5.41, 5.74) is 13.5. The predicted molar refractivity (Wildman–Crippen MR) is 68.3 cm³/mol. The standard InChI is InChI=1S/C11H25N5/c12-8-5-3-1-2-4-6-9-14-10-7-11-15-16-13/h14H,1-12H2. The monoisotopic (exact) mass is 227 g/mol. The molecular weight excluding hydrogens is 202 g/mol. The lowest BCUT2D eigenvalue weighted by atomic mass is 10.1. The number of nitrogens with zero attached hydrogens (tertiary/aromatic N) is 3. The van der Waals surface area contributed by atoms with Gasteiger partial charge in [-0.15, -0.1) is 0 Å². The van der Waals surface area contributed by atoms with E-state index < -0.39 is 0 Å². The Morgan fingerprint density at radius 3 is 2.25 bits per heavy atom. The number of unbranched alkanes of at least 4 members (excludes halogenated alkanes) is 5. The summed E-state index contributed by atoms with van der Waals surface area (Å²) >= 11 is 0. The first kappa shape index (κ1) is 15.2. The van der Waals surface area contributed by atoms with Gasteiger partial charge in [0.05, 0.1) is 0 Å². The molecule has 5 nitrogen and oxygen atoms in total. The van der Waals surface area contributed by atoms with Crippen molar-refractivity contribution in [3.63, 3.8) is 0 Å². The summed E-state index contributed by atoms with van der Waals surface area (Å²) in [5, 5.41) is 6.82. The van der Waals surface area contributed by atoms with Crippen LogP contribution < -0.4 is 11.1 Å². The predicted octanol–water partition coefficient (Wildman–Crippen LogP) is 2.58. The fourth-order valence-electron chi connectivity index (χ4n) is 1.55. The summed E-state index contributed by atoms with van der Waals surface area (Å²) < 4.78 is 0. The average molecular weight is 227 g/mol. The molecule has 5 heteroatoms. The molecule has 3 N–H and O–H groups in total. The third kappa shape index (κ3) is 13.2. The molecule has 0 aliphatic heterocycles. The molecule has 0 unspecified atom stereocenters. The second-order valence-corrected chi connectivity index (χ2v) is 3.97. The second kappa shape index (κ2) is 14.2. The van der Waals surface area contributed by atoms with Gasteiger partial charge in [-0.25, -0.2) is 0 Å². The largest absolute Gasteiger partial charge is 0.330 e. The molecule has 0 aromatic heterocycles. The lowest BCUT2D eigenvalue weighted by Crippen LogP contribution is -2.17. The van der Waals surface area contributed by atoms with Crippen molar-refractivity contribution in [3.05, 3.63) is 10.4 Å². The van der Waals surface area contributed by atoms with E-state index in [0.29, 0.717) is 6.54 Å². The fraction of sp³-hybridized carbons (Fsp3) is 1.00. The molecule has 0 radical (unpaired) electrons.